The Labute approximate surface area is 102 Å². The molecule has 0 aliphatic carbocycles. The highest BCUT2D eigenvalue weighted by Gasteiger charge is 2.09. The summed E-state index contributed by atoms with van der Waals surface area (Å²) < 4.78 is 2.00. The van der Waals surface area contributed by atoms with Crippen molar-refractivity contribution in [2.24, 2.45) is 0 Å². The molecule has 0 aliphatic rings. The molecular formula is C14H18N2O. The van der Waals surface area contributed by atoms with Crippen LogP contribution in [0.5, 0.6) is 0 Å². The second-order valence-corrected chi connectivity index (χ2v) is 4.62. The van der Waals surface area contributed by atoms with Gasteiger partial charge in [-0.05, 0) is 44.5 Å². The number of nitrogens with zero attached hydrogens (tertiary/aromatic N) is 2. The van der Waals surface area contributed by atoms with E-state index in [2.05, 4.69) is 25.0 Å². The third-order valence-electron chi connectivity index (χ3n) is 2.77. The van der Waals surface area contributed by atoms with Crippen LogP contribution < -0.4 is 0 Å². The van der Waals surface area contributed by atoms with E-state index in [0.29, 0.717) is 6.04 Å². The number of rotatable bonds is 3. The van der Waals surface area contributed by atoms with E-state index in [0.717, 1.165) is 22.4 Å². The zero-order chi connectivity index (χ0) is 12.4. The molecule has 1 aromatic carbocycles. The van der Waals surface area contributed by atoms with Gasteiger partial charge in [0, 0.05) is 17.8 Å². The number of aliphatic hydroxyl groups is 1. The lowest BCUT2D eigenvalue weighted by Crippen LogP contribution is -2.04. The van der Waals surface area contributed by atoms with E-state index in [-0.39, 0.29) is 6.61 Å². The molecule has 90 valence electrons. The van der Waals surface area contributed by atoms with E-state index in [9.17, 15) is 5.11 Å². The van der Waals surface area contributed by atoms with Gasteiger partial charge < -0.3 is 5.11 Å². The molecule has 0 unspecified atom stereocenters. The summed E-state index contributed by atoms with van der Waals surface area (Å²) in [6.07, 6.45) is 1.82. The van der Waals surface area contributed by atoms with Crippen LogP contribution in [-0.2, 0) is 6.61 Å². The Bertz CT molecular complexity index is 515. The van der Waals surface area contributed by atoms with Crippen molar-refractivity contribution in [3.63, 3.8) is 0 Å². The van der Waals surface area contributed by atoms with Crippen molar-refractivity contribution in [2.45, 2.75) is 33.4 Å². The van der Waals surface area contributed by atoms with Gasteiger partial charge >= 0.3 is 0 Å². The van der Waals surface area contributed by atoms with Crippen LogP contribution in [0.15, 0.2) is 30.5 Å². The zero-order valence-corrected chi connectivity index (χ0v) is 10.5. The quantitative estimate of drug-likeness (QED) is 0.880. The van der Waals surface area contributed by atoms with Gasteiger partial charge in [0.25, 0.3) is 0 Å². The normalized spacial score (nSPS) is 11.1. The SMILES string of the molecule is Cc1cc(CO)cc(-c2ccnn2C(C)C)c1. The first-order valence-electron chi connectivity index (χ1n) is 5.87. The maximum Gasteiger partial charge on any atom is 0.0685 e. The van der Waals surface area contributed by atoms with Crippen LogP contribution in [0.2, 0.25) is 0 Å². The maximum absolute atomic E-state index is 9.24. The molecule has 2 rings (SSSR count). The number of aliphatic hydroxyl groups excluding tert-OH is 1. The highest BCUT2D eigenvalue weighted by Crippen LogP contribution is 2.24. The van der Waals surface area contributed by atoms with Gasteiger partial charge in [-0.15, -0.1) is 0 Å². The third kappa shape index (κ3) is 2.39. The minimum atomic E-state index is 0.0739. The number of hydrogen-bond donors (Lipinski definition) is 1. The lowest BCUT2D eigenvalue weighted by atomic mass is 10.0. The Morgan fingerprint density at radius 1 is 1.29 bits per heavy atom. The molecule has 0 saturated carbocycles. The van der Waals surface area contributed by atoms with Crippen LogP contribution in [0.3, 0.4) is 0 Å². The lowest BCUT2D eigenvalue weighted by Gasteiger charge is -2.12. The van der Waals surface area contributed by atoms with E-state index in [1.807, 2.05) is 36.0 Å². The minimum absolute atomic E-state index is 0.0739. The van der Waals surface area contributed by atoms with Crippen LogP contribution in [0.25, 0.3) is 11.3 Å². The van der Waals surface area contributed by atoms with Crippen LogP contribution in [-0.4, -0.2) is 14.9 Å². The van der Waals surface area contributed by atoms with Crippen molar-refractivity contribution >= 4 is 0 Å². The van der Waals surface area contributed by atoms with Gasteiger partial charge in [-0.3, -0.25) is 4.68 Å². The average Bonchev–Trinajstić information content (AvgIpc) is 2.77. The van der Waals surface area contributed by atoms with Crippen LogP contribution in [0, 0.1) is 6.92 Å². The molecule has 0 bridgehead atoms. The second-order valence-electron chi connectivity index (χ2n) is 4.62. The topological polar surface area (TPSA) is 38.1 Å². The van der Waals surface area contributed by atoms with E-state index in [1.54, 1.807) is 0 Å². The largest absolute Gasteiger partial charge is 0.392 e. The zero-order valence-electron chi connectivity index (χ0n) is 10.5. The summed E-state index contributed by atoms with van der Waals surface area (Å²) in [5.74, 6) is 0. The predicted molar refractivity (Wildman–Crippen MR) is 68.7 cm³/mol. The van der Waals surface area contributed by atoms with Crippen LogP contribution in [0.4, 0.5) is 0 Å². The molecule has 0 fully saturated rings. The highest BCUT2D eigenvalue weighted by atomic mass is 16.3. The van der Waals surface area contributed by atoms with Gasteiger partial charge in [-0.25, -0.2) is 0 Å². The molecule has 0 amide bonds. The van der Waals surface area contributed by atoms with Gasteiger partial charge in [0.05, 0.1) is 12.3 Å². The molecule has 3 nitrogen and oxygen atoms in total. The molecule has 17 heavy (non-hydrogen) atoms. The highest BCUT2D eigenvalue weighted by molar-refractivity contribution is 5.61. The monoisotopic (exact) mass is 230 g/mol. The average molecular weight is 230 g/mol. The van der Waals surface area contributed by atoms with E-state index in [4.69, 9.17) is 0 Å². The molecule has 0 radical (unpaired) electrons. The van der Waals surface area contributed by atoms with Gasteiger partial charge in [0.1, 0.15) is 0 Å². The van der Waals surface area contributed by atoms with Gasteiger partial charge in [0.2, 0.25) is 0 Å². The maximum atomic E-state index is 9.24. The number of benzene rings is 1. The van der Waals surface area contributed by atoms with Crippen LogP contribution in [0.1, 0.15) is 31.0 Å². The van der Waals surface area contributed by atoms with Gasteiger partial charge in [-0.1, -0.05) is 11.6 Å². The summed E-state index contributed by atoms with van der Waals surface area (Å²) in [6.45, 7) is 6.34. The first-order chi connectivity index (χ1) is 8.11. The number of hydrogen-bond acceptors (Lipinski definition) is 2. The summed E-state index contributed by atoms with van der Waals surface area (Å²) in [6, 6.07) is 8.48. The van der Waals surface area contributed by atoms with Crippen molar-refractivity contribution < 1.29 is 5.11 Å². The summed E-state index contributed by atoms with van der Waals surface area (Å²) in [5.41, 5.74) is 4.30. The predicted octanol–water partition coefficient (Wildman–Crippen LogP) is 2.93. The standard InChI is InChI=1S/C14H18N2O/c1-10(2)16-14(4-5-15-16)13-7-11(3)6-12(8-13)9-17/h4-8,10,17H,9H2,1-3H3. The first kappa shape index (κ1) is 11.9. The first-order valence-corrected chi connectivity index (χ1v) is 5.87. The number of aryl methyl sites for hydroxylation is 1. The van der Waals surface area contributed by atoms with E-state index in [1.165, 1.54) is 0 Å². The summed E-state index contributed by atoms with van der Waals surface area (Å²) in [7, 11) is 0. The third-order valence-corrected chi connectivity index (χ3v) is 2.77. The van der Waals surface area contributed by atoms with E-state index < -0.39 is 0 Å². The molecule has 1 aromatic heterocycles. The Morgan fingerprint density at radius 2 is 2.06 bits per heavy atom. The van der Waals surface area contributed by atoms with Crippen molar-refractivity contribution in [3.05, 3.63) is 41.6 Å². The lowest BCUT2D eigenvalue weighted by molar-refractivity contribution is 0.282. The van der Waals surface area contributed by atoms with Crippen LogP contribution >= 0.6 is 0 Å². The molecule has 0 saturated heterocycles. The minimum Gasteiger partial charge on any atom is -0.392 e. The van der Waals surface area contributed by atoms with Crippen molar-refractivity contribution in [2.75, 3.05) is 0 Å². The Morgan fingerprint density at radius 3 is 2.71 bits per heavy atom. The van der Waals surface area contributed by atoms with E-state index >= 15 is 0 Å². The second kappa shape index (κ2) is 4.72. The fourth-order valence-corrected chi connectivity index (χ4v) is 2.06. The molecule has 1 N–H and O–H groups in total. The van der Waals surface area contributed by atoms with Crippen molar-refractivity contribution in [3.8, 4) is 11.3 Å². The molecule has 0 aliphatic heterocycles. The fraction of sp³-hybridized carbons (Fsp3) is 0.357. The van der Waals surface area contributed by atoms with Crippen molar-refractivity contribution in [1.82, 2.24) is 9.78 Å². The molecule has 3 heteroatoms. The molecule has 2 aromatic rings. The van der Waals surface area contributed by atoms with Crippen molar-refractivity contribution in [1.29, 1.82) is 0 Å². The summed E-state index contributed by atoms with van der Waals surface area (Å²) >= 11 is 0. The Balaban J connectivity index is 2.52. The number of aromatic nitrogens is 2. The fourth-order valence-electron chi connectivity index (χ4n) is 2.06. The van der Waals surface area contributed by atoms with Gasteiger partial charge in [0.15, 0.2) is 0 Å². The molecule has 0 atom stereocenters. The molecular weight excluding hydrogens is 212 g/mol. The Hall–Kier alpha value is -1.61. The summed E-state index contributed by atoms with van der Waals surface area (Å²) in [5, 5.41) is 13.6. The Kier molecular flexibility index (Phi) is 3.29. The van der Waals surface area contributed by atoms with Gasteiger partial charge in [-0.2, -0.15) is 5.10 Å². The molecule has 1 heterocycles. The summed E-state index contributed by atoms with van der Waals surface area (Å²) in [4.78, 5) is 0. The molecule has 0 spiro atoms. The smallest absolute Gasteiger partial charge is 0.0685 e.